The first-order chi connectivity index (χ1) is 12.1. The molecule has 1 heterocycles. The van der Waals surface area contributed by atoms with Gasteiger partial charge >= 0.3 is 0 Å². The predicted molar refractivity (Wildman–Crippen MR) is 118 cm³/mol. The number of halogens is 1. The number of rotatable bonds is 12. The van der Waals surface area contributed by atoms with Crippen molar-refractivity contribution in [3.05, 3.63) is 17.0 Å². The summed E-state index contributed by atoms with van der Waals surface area (Å²) >= 11 is 0. The van der Waals surface area contributed by atoms with E-state index in [9.17, 15) is 0 Å². The van der Waals surface area contributed by atoms with E-state index in [0.29, 0.717) is 19.8 Å². The molecule has 152 valence electrons. The zero-order chi connectivity index (χ0) is 18.5. The van der Waals surface area contributed by atoms with Crippen molar-refractivity contribution in [2.24, 2.45) is 12.0 Å². The molecule has 0 saturated heterocycles. The van der Waals surface area contributed by atoms with Crippen LogP contribution in [0.1, 0.15) is 36.7 Å². The van der Waals surface area contributed by atoms with Gasteiger partial charge in [0, 0.05) is 39.5 Å². The summed E-state index contributed by atoms with van der Waals surface area (Å²) in [6, 6.07) is 0. The van der Waals surface area contributed by atoms with Crippen molar-refractivity contribution in [1.82, 2.24) is 20.4 Å². The Morgan fingerprint density at radius 2 is 1.73 bits per heavy atom. The lowest BCUT2D eigenvalue weighted by Gasteiger charge is -2.12. The number of hydrogen-bond donors (Lipinski definition) is 2. The first kappa shape index (κ1) is 25.1. The van der Waals surface area contributed by atoms with E-state index in [1.807, 2.05) is 11.7 Å². The van der Waals surface area contributed by atoms with Crippen molar-refractivity contribution >= 4 is 29.9 Å². The van der Waals surface area contributed by atoms with E-state index in [2.05, 4.69) is 41.5 Å². The van der Waals surface area contributed by atoms with E-state index in [4.69, 9.17) is 9.47 Å². The molecule has 1 aromatic rings. The minimum Gasteiger partial charge on any atom is -0.379 e. The third-order valence-electron chi connectivity index (χ3n) is 4.10. The molecule has 0 saturated carbocycles. The molecule has 0 fully saturated rings. The fraction of sp³-hybridized carbons (Fsp3) is 0.778. The molecule has 0 aliphatic carbocycles. The summed E-state index contributed by atoms with van der Waals surface area (Å²) in [5.74, 6) is 0.794. The molecule has 0 radical (unpaired) electrons. The van der Waals surface area contributed by atoms with Gasteiger partial charge in [-0.3, -0.25) is 9.67 Å². The van der Waals surface area contributed by atoms with E-state index in [1.165, 1.54) is 11.3 Å². The summed E-state index contributed by atoms with van der Waals surface area (Å²) in [5, 5.41) is 11.0. The normalized spacial score (nSPS) is 11.3. The van der Waals surface area contributed by atoms with Gasteiger partial charge in [-0.05, 0) is 32.3 Å². The summed E-state index contributed by atoms with van der Waals surface area (Å²) in [5.41, 5.74) is 3.62. The molecule has 1 aromatic heterocycles. The molecule has 0 bridgehead atoms. The number of aliphatic imine (C=N–C) groups is 1. The highest BCUT2D eigenvalue weighted by Crippen LogP contribution is 2.11. The molecule has 8 heteroatoms. The number of ether oxygens (including phenoxy) is 2. The van der Waals surface area contributed by atoms with Crippen LogP contribution in [-0.2, 0) is 22.9 Å². The third-order valence-corrected chi connectivity index (χ3v) is 4.10. The van der Waals surface area contributed by atoms with Crippen LogP contribution in [0.25, 0.3) is 0 Å². The summed E-state index contributed by atoms with van der Waals surface area (Å²) in [6.45, 7) is 10.6. The molecule has 0 aliphatic heterocycles. The lowest BCUT2D eigenvalue weighted by atomic mass is 10.1. The van der Waals surface area contributed by atoms with Crippen LogP contribution in [-0.4, -0.2) is 62.3 Å². The van der Waals surface area contributed by atoms with Crippen molar-refractivity contribution in [1.29, 1.82) is 0 Å². The quantitative estimate of drug-likeness (QED) is 0.207. The number of nitrogens with zero attached hydrogens (tertiary/aromatic N) is 3. The van der Waals surface area contributed by atoms with Crippen molar-refractivity contribution < 1.29 is 9.47 Å². The van der Waals surface area contributed by atoms with Crippen LogP contribution in [0, 0.1) is 13.8 Å². The molecule has 2 N–H and O–H groups in total. The van der Waals surface area contributed by atoms with Crippen molar-refractivity contribution in [2.45, 2.75) is 40.0 Å². The Kier molecular flexibility index (Phi) is 14.7. The van der Waals surface area contributed by atoms with Crippen LogP contribution >= 0.6 is 24.0 Å². The van der Waals surface area contributed by atoms with Gasteiger partial charge in [0.2, 0.25) is 0 Å². The van der Waals surface area contributed by atoms with Gasteiger partial charge in [0.1, 0.15) is 0 Å². The van der Waals surface area contributed by atoms with Crippen molar-refractivity contribution in [2.75, 3.05) is 46.6 Å². The highest BCUT2D eigenvalue weighted by atomic mass is 127. The zero-order valence-corrected chi connectivity index (χ0v) is 19.3. The summed E-state index contributed by atoms with van der Waals surface area (Å²) in [4.78, 5) is 4.23. The highest BCUT2D eigenvalue weighted by Gasteiger charge is 2.08. The van der Waals surface area contributed by atoms with Crippen LogP contribution in [0.15, 0.2) is 4.99 Å². The van der Waals surface area contributed by atoms with Gasteiger partial charge < -0.3 is 20.1 Å². The number of aromatic nitrogens is 2. The maximum atomic E-state index is 5.54. The second-order valence-corrected chi connectivity index (χ2v) is 6.03. The highest BCUT2D eigenvalue weighted by molar-refractivity contribution is 14.0. The van der Waals surface area contributed by atoms with E-state index in [-0.39, 0.29) is 24.0 Å². The molecule has 0 aliphatic rings. The number of aryl methyl sites for hydroxylation is 2. The van der Waals surface area contributed by atoms with Crippen LogP contribution in [0.3, 0.4) is 0 Å². The Labute approximate surface area is 175 Å². The number of nitrogens with one attached hydrogen (secondary N) is 2. The smallest absolute Gasteiger partial charge is 0.191 e. The van der Waals surface area contributed by atoms with Crippen LogP contribution in [0.2, 0.25) is 0 Å². The molecule has 7 nitrogen and oxygen atoms in total. The molecule has 0 spiro atoms. The van der Waals surface area contributed by atoms with Gasteiger partial charge in [-0.15, -0.1) is 24.0 Å². The van der Waals surface area contributed by atoms with E-state index in [0.717, 1.165) is 50.6 Å². The lowest BCUT2D eigenvalue weighted by molar-refractivity contribution is 0.0487. The molecule has 0 atom stereocenters. The van der Waals surface area contributed by atoms with E-state index in [1.54, 1.807) is 7.05 Å². The average molecular weight is 481 g/mol. The van der Waals surface area contributed by atoms with Crippen molar-refractivity contribution in [3.63, 3.8) is 0 Å². The zero-order valence-electron chi connectivity index (χ0n) is 16.9. The van der Waals surface area contributed by atoms with Gasteiger partial charge in [-0.1, -0.05) is 13.3 Å². The van der Waals surface area contributed by atoms with Crippen molar-refractivity contribution in [3.8, 4) is 0 Å². The van der Waals surface area contributed by atoms with Gasteiger partial charge in [0.25, 0.3) is 0 Å². The maximum absolute atomic E-state index is 5.54. The molecular weight excluding hydrogens is 445 g/mol. The first-order valence-electron chi connectivity index (χ1n) is 9.19. The van der Waals surface area contributed by atoms with Gasteiger partial charge in [-0.25, -0.2) is 0 Å². The fourth-order valence-electron chi connectivity index (χ4n) is 2.52. The molecule has 0 unspecified atom stereocenters. The largest absolute Gasteiger partial charge is 0.379 e. The summed E-state index contributed by atoms with van der Waals surface area (Å²) < 4.78 is 12.9. The Balaban J connectivity index is 0.00000625. The van der Waals surface area contributed by atoms with Gasteiger partial charge in [-0.2, -0.15) is 5.10 Å². The Bertz CT molecular complexity index is 520. The average Bonchev–Trinajstić information content (AvgIpc) is 2.84. The third kappa shape index (κ3) is 9.72. The second-order valence-electron chi connectivity index (χ2n) is 6.03. The summed E-state index contributed by atoms with van der Waals surface area (Å²) in [7, 11) is 3.76. The molecule has 0 aromatic carbocycles. The molecular formula is C18H36IN5O2. The van der Waals surface area contributed by atoms with Gasteiger partial charge in [0.05, 0.1) is 25.5 Å². The van der Waals surface area contributed by atoms with E-state index < -0.39 is 0 Å². The Hall–Kier alpha value is -0.870. The Morgan fingerprint density at radius 3 is 2.31 bits per heavy atom. The van der Waals surface area contributed by atoms with Crippen LogP contribution in [0.4, 0.5) is 0 Å². The number of hydrogen-bond acceptors (Lipinski definition) is 4. The topological polar surface area (TPSA) is 72.7 Å². The monoisotopic (exact) mass is 481 g/mol. The fourth-order valence-corrected chi connectivity index (χ4v) is 2.52. The molecule has 1 rings (SSSR count). The van der Waals surface area contributed by atoms with Crippen LogP contribution in [0.5, 0.6) is 0 Å². The first-order valence-corrected chi connectivity index (χ1v) is 9.19. The van der Waals surface area contributed by atoms with E-state index >= 15 is 0 Å². The number of unbranched alkanes of at least 4 members (excludes halogenated alkanes) is 1. The number of guanidine groups is 1. The Morgan fingerprint density at radius 1 is 1.08 bits per heavy atom. The minimum absolute atomic E-state index is 0. The standard InChI is InChI=1S/C18H35N5O2.HI/c1-6-7-11-24-13-14-25-12-10-21-18(19-4)20-9-8-17-15(2)22-23(5)16(17)3;/h6-14H2,1-5H3,(H2,19,20,21);1H. The van der Waals surface area contributed by atoms with Crippen LogP contribution < -0.4 is 10.6 Å². The lowest BCUT2D eigenvalue weighted by Crippen LogP contribution is -2.40. The minimum atomic E-state index is 0. The molecule has 0 amide bonds. The second kappa shape index (κ2) is 15.2. The predicted octanol–water partition coefficient (Wildman–Crippen LogP) is 2.20. The maximum Gasteiger partial charge on any atom is 0.191 e. The van der Waals surface area contributed by atoms with Gasteiger partial charge in [0.15, 0.2) is 5.96 Å². The molecule has 26 heavy (non-hydrogen) atoms. The SMILES string of the molecule is CCCCOCCOCCNC(=NC)NCCc1c(C)nn(C)c1C.I. The summed E-state index contributed by atoms with van der Waals surface area (Å²) in [6.07, 6.45) is 3.20.